The minimum absolute atomic E-state index is 0.0300. The average Bonchev–Trinajstić information content (AvgIpc) is 3.10. The predicted octanol–water partition coefficient (Wildman–Crippen LogP) is 8.45. The highest BCUT2D eigenvalue weighted by molar-refractivity contribution is 5.72. The molecular formula is C27H27F9N2O2. The molecule has 1 amide bonds. The first-order valence-corrected chi connectivity index (χ1v) is 12.5. The Morgan fingerprint density at radius 2 is 1.45 bits per heavy atom. The van der Waals surface area contributed by atoms with E-state index in [4.69, 9.17) is 4.74 Å². The van der Waals surface area contributed by atoms with Crippen LogP contribution < -0.4 is 4.90 Å². The molecule has 2 atom stereocenters. The van der Waals surface area contributed by atoms with E-state index >= 15 is 0 Å². The van der Waals surface area contributed by atoms with Gasteiger partial charge in [0.2, 0.25) is 0 Å². The van der Waals surface area contributed by atoms with E-state index in [0.717, 1.165) is 29.9 Å². The fourth-order valence-corrected chi connectivity index (χ4v) is 5.31. The molecule has 0 N–H and O–H groups in total. The lowest BCUT2D eigenvalue weighted by molar-refractivity contribution is -0.143. The Labute approximate surface area is 224 Å². The number of anilines is 1. The monoisotopic (exact) mass is 582 g/mol. The summed E-state index contributed by atoms with van der Waals surface area (Å²) in [5.74, 6) is 0. The molecule has 0 bridgehead atoms. The number of rotatable bonds is 4. The number of benzene rings is 2. The zero-order valence-electron chi connectivity index (χ0n) is 21.8. The van der Waals surface area contributed by atoms with Crippen molar-refractivity contribution in [3.63, 3.8) is 0 Å². The van der Waals surface area contributed by atoms with Crippen LogP contribution in [0.4, 0.5) is 50.0 Å². The molecule has 2 aromatic rings. The molecule has 2 saturated heterocycles. The molecule has 220 valence electrons. The Morgan fingerprint density at radius 1 is 0.875 bits per heavy atom. The highest BCUT2D eigenvalue weighted by Crippen LogP contribution is 2.42. The number of halogens is 9. The minimum atomic E-state index is -5.10. The van der Waals surface area contributed by atoms with Gasteiger partial charge in [-0.1, -0.05) is 13.8 Å². The van der Waals surface area contributed by atoms with E-state index in [-0.39, 0.29) is 17.0 Å². The molecule has 4 nitrogen and oxygen atoms in total. The fourth-order valence-electron chi connectivity index (χ4n) is 5.31. The van der Waals surface area contributed by atoms with E-state index in [1.165, 1.54) is 13.0 Å². The average molecular weight is 583 g/mol. The Hall–Kier alpha value is -3.12. The zero-order chi connectivity index (χ0) is 29.8. The second-order valence-corrected chi connectivity index (χ2v) is 11.0. The smallest absolute Gasteiger partial charge is 0.416 e. The van der Waals surface area contributed by atoms with E-state index in [1.807, 2.05) is 18.7 Å². The summed E-state index contributed by atoms with van der Waals surface area (Å²) in [4.78, 5) is 15.8. The molecule has 2 fully saturated rings. The first-order chi connectivity index (χ1) is 18.3. The number of ether oxygens (including phenoxy) is 1. The summed E-state index contributed by atoms with van der Waals surface area (Å²) in [5.41, 5.74) is -4.12. The van der Waals surface area contributed by atoms with Crippen molar-refractivity contribution in [1.29, 1.82) is 0 Å². The largest absolute Gasteiger partial charge is 0.439 e. The van der Waals surface area contributed by atoms with E-state index in [0.29, 0.717) is 30.9 Å². The number of piperidine rings is 1. The highest BCUT2D eigenvalue weighted by atomic mass is 19.4. The molecule has 2 heterocycles. The van der Waals surface area contributed by atoms with Crippen molar-refractivity contribution in [3.8, 4) is 0 Å². The molecule has 0 radical (unpaired) electrons. The minimum Gasteiger partial charge on any atom is -0.439 e. The summed E-state index contributed by atoms with van der Waals surface area (Å²) in [5, 5.41) is 0. The first-order valence-electron chi connectivity index (χ1n) is 12.5. The third-order valence-corrected chi connectivity index (χ3v) is 7.32. The lowest BCUT2D eigenvalue weighted by Gasteiger charge is -2.40. The van der Waals surface area contributed by atoms with Gasteiger partial charge in [0.15, 0.2) is 0 Å². The summed E-state index contributed by atoms with van der Waals surface area (Å²) in [6.07, 6.45) is -15.8. The van der Waals surface area contributed by atoms with Crippen molar-refractivity contribution in [3.05, 3.63) is 64.2 Å². The highest BCUT2D eigenvalue weighted by Gasteiger charge is 2.44. The van der Waals surface area contributed by atoms with Gasteiger partial charge in [0.05, 0.1) is 29.3 Å². The number of hydrogen-bond acceptors (Lipinski definition) is 3. The topological polar surface area (TPSA) is 32.8 Å². The lowest BCUT2D eigenvalue weighted by Crippen LogP contribution is -2.41. The first kappa shape index (κ1) is 29.9. The molecule has 2 aliphatic heterocycles. The number of carbonyl (C=O) groups is 1. The Balaban J connectivity index is 1.71. The third-order valence-electron chi connectivity index (χ3n) is 7.32. The van der Waals surface area contributed by atoms with Crippen molar-refractivity contribution >= 4 is 11.8 Å². The number of amides is 1. The van der Waals surface area contributed by atoms with Crippen LogP contribution in [0.1, 0.15) is 67.5 Å². The normalized spacial score (nSPS) is 22.1. The van der Waals surface area contributed by atoms with Gasteiger partial charge in [-0.05, 0) is 72.7 Å². The van der Waals surface area contributed by atoms with Crippen LogP contribution in [0.3, 0.4) is 0 Å². The second-order valence-electron chi connectivity index (χ2n) is 11.0. The van der Waals surface area contributed by atoms with Gasteiger partial charge in [-0.3, -0.25) is 4.90 Å². The van der Waals surface area contributed by atoms with Gasteiger partial charge in [0, 0.05) is 18.8 Å². The van der Waals surface area contributed by atoms with E-state index in [1.54, 1.807) is 0 Å². The van der Waals surface area contributed by atoms with Crippen molar-refractivity contribution in [2.24, 2.45) is 5.41 Å². The Morgan fingerprint density at radius 3 is 1.98 bits per heavy atom. The van der Waals surface area contributed by atoms with Crippen molar-refractivity contribution in [2.75, 3.05) is 18.0 Å². The van der Waals surface area contributed by atoms with Crippen LogP contribution in [-0.2, 0) is 29.8 Å². The lowest BCUT2D eigenvalue weighted by atomic mass is 9.83. The standard InChI is InChI=1S/C27H27F9N2O2/c1-15-22(16-9-19(26(31,32)33)12-20(10-16)27(34,35)36)40-23(39)38(15)13-17-11-18(25(28,29)30)5-6-21(17)37-8-4-7-24(2,3)14-37/h5-6,9-12,15,22H,4,7-8,13-14H2,1-3H3/t15-,22-/m0/s1. The van der Waals surface area contributed by atoms with Gasteiger partial charge >= 0.3 is 24.6 Å². The van der Waals surface area contributed by atoms with Crippen molar-refractivity contribution in [2.45, 2.75) is 70.8 Å². The van der Waals surface area contributed by atoms with Crippen LogP contribution >= 0.6 is 0 Å². The molecule has 2 aliphatic rings. The van der Waals surface area contributed by atoms with Gasteiger partial charge in [0.25, 0.3) is 0 Å². The maximum atomic E-state index is 13.6. The number of carbonyl (C=O) groups excluding carboxylic acids is 1. The quantitative estimate of drug-likeness (QED) is 0.339. The molecular weight excluding hydrogens is 555 g/mol. The molecule has 40 heavy (non-hydrogen) atoms. The molecule has 4 rings (SSSR count). The molecule has 0 spiro atoms. The van der Waals surface area contributed by atoms with Crippen LogP contribution in [0.15, 0.2) is 36.4 Å². The molecule has 13 heteroatoms. The van der Waals surface area contributed by atoms with E-state index in [9.17, 15) is 44.3 Å². The van der Waals surface area contributed by atoms with Crippen LogP contribution in [0.25, 0.3) is 0 Å². The maximum Gasteiger partial charge on any atom is 0.416 e. The van der Waals surface area contributed by atoms with Crippen LogP contribution in [0, 0.1) is 5.41 Å². The Bertz CT molecular complexity index is 1240. The van der Waals surface area contributed by atoms with Crippen molar-refractivity contribution in [1.82, 2.24) is 4.90 Å². The Kier molecular flexibility index (Phi) is 7.51. The van der Waals surface area contributed by atoms with Gasteiger partial charge in [-0.25, -0.2) is 4.79 Å². The summed E-state index contributed by atoms with van der Waals surface area (Å²) in [7, 11) is 0. The molecule has 0 aromatic heterocycles. The van der Waals surface area contributed by atoms with Gasteiger partial charge in [-0.2, -0.15) is 39.5 Å². The van der Waals surface area contributed by atoms with Gasteiger partial charge < -0.3 is 9.64 Å². The number of alkyl halides is 9. The van der Waals surface area contributed by atoms with E-state index in [2.05, 4.69) is 0 Å². The fraction of sp³-hybridized carbons (Fsp3) is 0.519. The van der Waals surface area contributed by atoms with Crippen molar-refractivity contribution < 1.29 is 49.0 Å². The summed E-state index contributed by atoms with van der Waals surface area (Å²) < 4.78 is 126. The van der Waals surface area contributed by atoms with Crippen LogP contribution in [0.2, 0.25) is 0 Å². The van der Waals surface area contributed by atoms with Gasteiger partial charge in [0.1, 0.15) is 6.10 Å². The maximum absolute atomic E-state index is 13.6. The number of hydrogen-bond donors (Lipinski definition) is 0. The SMILES string of the molecule is C[C@H]1[C@@H](c2cc(C(F)(F)F)cc(C(F)(F)F)c2)OC(=O)N1Cc1cc(C(F)(F)F)ccc1N1CCCC(C)(C)C1. The molecule has 2 aromatic carbocycles. The zero-order valence-corrected chi connectivity index (χ0v) is 21.8. The third kappa shape index (κ3) is 6.27. The number of cyclic esters (lactones) is 1. The van der Waals surface area contributed by atoms with Crippen LogP contribution in [-0.4, -0.2) is 30.1 Å². The van der Waals surface area contributed by atoms with Gasteiger partial charge in [-0.15, -0.1) is 0 Å². The summed E-state index contributed by atoms with van der Waals surface area (Å²) in [6.45, 7) is 6.13. The number of nitrogens with zero attached hydrogens (tertiary/aromatic N) is 2. The second kappa shape index (κ2) is 10.1. The van der Waals surface area contributed by atoms with Crippen LogP contribution in [0.5, 0.6) is 0 Å². The summed E-state index contributed by atoms with van der Waals surface area (Å²) >= 11 is 0. The molecule has 0 saturated carbocycles. The predicted molar refractivity (Wildman–Crippen MR) is 127 cm³/mol. The molecule has 0 unspecified atom stereocenters. The molecule has 0 aliphatic carbocycles. The van der Waals surface area contributed by atoms with E-state index < -0.39 is 65.6 Å². The summed E-state index contributed by atoms with van der Waals surface area (Å²) in [6, 6.07) is 3.03.